The highest BCUT2D eigenvalue weighted by Gasteiger charge is 2.19. The van der Waals surface area contributed by atoms with Crippen LogP contribution in [0, 0.1) is 0 Å². The summed E-state index contributed by atoms with van der Waals surface area (Å²) in [5.41, 5.74) is 0. The quantitative estimate of drug-likeness (QED) is 0.194. The Morgan fingerprint density at radius 1 is 0.394 bits per heavy atom. The fourth-order valence-corrected chi connectivity index (χ4v) is 3.28. The molecule has 0 aromatic rings. The lowest BCUT2D eigenvalue weighted by molar-refractivity contribution is -0.143. The van der Waals surface area contributed by atoms with Crippen molar-refractivity contribution in [3.8, 4) is 0 Å². The van der Waals surface area contributed by atoms with Gasteiger partial charge >= 0.3 is 29.8 Å². The Morgan fingerprint density at radius 3 is 0.788 bits per heavy atom. The van der Waals surface area contributed by atoms with Crippen LogP contribution in [0.2, 0.25) is 0 Å². The highest BCUT2D eigenvalue weighted by molar-refractivity contribution is 5.73. The summed E-state index contributed by atoms with van der Waals surface area (Å²) < 4.78 is 0. The zero-order chi connectivity index (χ0) is 25.2. The normalized spacial score (nSPS) is 13.4. The molecule has 190 valence electrons. The van der Waals surface area contributed by atoms with Crippen LogP contribution in [0.5, 0.6) is 0 Å². The number of rotatable bonds is 16. The highest BCUT2D eigenvalue weighted by atomic mass is 16.4. The monoisotopic (exact) mass is 477 g/mol. The van der Waals surface area contributed by atoms with E-state index in [1.54, 1.807) is 0 Å². The summed E-state index contributed by atoms with van der Waals surface area (Å²) in [5, 5.41) is 44.1. The van der Waals surface area contributed by atoms with E-state index in [1.807, 2.05) is 0 Å². The summed E-state index contributed by atoms with van der Waals surface area (Å²) in [5.74, 6) is -6.16. The first kappa shape index (κ1) is 30.2. The Morgan fingerprint density at radius 2 is 0.576 bits per heavy atom. The number of carboxylic acid groups (broad SMARTS) is 5. The fraction of sp³-hybridized carbons (Fsp3) is 0.750. The molecule has 0 bridgehead atoms. The van der Waals surface area contributed by atoms with Crippen LogP contribution >= 0.6 is 0 Å². The van der Waals surface area contributed by atoms with Crippen LogP contribution in [0.4, 0.5) is 0 Å². The molecule has 1 rings (SSSR count). The minimum atomic E-state index is -1.24. The molecular formula is C20H35N3O10. The molecule has 1 aliphatic carbocycles. The lowest BCUT2D eigenvalue weighted by Gasteiger charge is -2.27. The molecule has 0 heterocycles. The Kier molecular flexibility index (Phi) is 16.3. The van der Waals surface area contributed by atoms with Gasteiger partial charge in [-0.2, -0.15) is 0 Å². The van der Waals surface area contributed by atoms with E-state index < -0.39 is 62.6 Å². The van der Waals surface area contributed by atoms with Crippen LogP contribution in [0.3, 0.4) is 0 Å². The van der Waals surface area contributed by atoms with Crippen LogP contribution in [0.25, 0.3) is 0 Å². The Hall–Kier alpha value is -2.77. The van der Waals surface area contributed by atoms with Crippen molar-refractivity contribution in [2.24, 2.45) is 0 Å². The van der Waals surface area contributed by atoms with Crippen molar-refractivity contribution in [2.45, 2.75) is 38.5 Å². The summed E-state index contributed by atoms with van der Waals surface area (Å²) in [7, 11) is 0. The van der Waals surface area contributed by atoms with Gasteiger partial charge in [0.1, 0.15) is 0 Å². The molecule has 5 N–H and O–H groups in total. The Bertz CT molecular complexity index is 556. The average Bonchev–Trinajstić information content (AvgIpc) is 2.69. The van der Waals surface area contributed by atoms with E-state index in [0.29, 0.717) is 0 Å². The summed E-state index contributed by atoms with van der Waals surface area (Å²) in [6.45, 7) is -2.74. The molecule has 13 heteroatoms. The standard InChI is InChI=1S/C14H23N3O10.C6H12/c18-10(19)5-15(1-3-16(6-11(20)21)7-12(22)23)2-4-17(8-13(24)25)9-14(26)27;1-2-4-6-5-3-1/h1-9H2,(H,18,19)(H,20,21)(H,22,23)(H,24,25)(H,26,27);1-6H2. The molecule has 1 saturated carbocycles. The van der Waals surface area contributed by atoms with Crippen molar-refractivity contribution < 1.29 is 49.5 Å². The van der Waals surface area contributed by atoms with Gasteiger partial charge < -0.3 is 25.5 Å². The average molecular weight is 478 g/mol. The SMILES string of the molecule is C1CCCCC1.O=C(O)CN(CCN(CC(=O)O)CC(=O)O)CCN(CC(=O)O)CC(=O)O. The second-order valence-electron chi connectivity index (χ2n) is 7.79. The Balaban J connectivity index is 0.00000146. The molecule has 0 atom stereocenters. The molecular weight excluding hydrogens is 442 g/mol. The predicted octanol–water partition coefficient (Wildman–Crippen LogP) is -0.344. The minimum Gasteiger partial charge on any atom is -0.480 e. The van der Waals surface area contributed by atoms with E-state index in [4.69, 9.17) is 25.5 Å². The maximum Gasteiger partial charge on any atom is 0.317 e. The first-order valence-electron chi connectivity index (χ1n) is 10.8. The molecule has 0 spiro atoms. The van der Waals surface area contributed by atoms with Crippen LogP contribution in [-0.2, 0) is 24.0 Å². The van der Waals surface area contributed by atoms with Gasteiger partial charge in [0, 0.05) is 26.2 Å². The van der Waals surface area contributed by atoms with Crippen molar-refractivity contribution >= 4 is 29.8 Å². The number of carboxylic acids is 5. The van der Waals surface area contributed by atoms with Gasteiger partial charge in [0.25, 0.3) is 0 Å². The highest BCUT2D eigenvalue weighted by Crippen LogP contribution is 2.15. The van der Waals surface area contributed by atoms with Crippen molar-refractivity contribution in [1.82, 2.24) is 14.7 Å². The third kappa shape index (κ3) is 19.6. The number of nitrogens with zero attached hydrogens (tertiary/aromatic N) is 3. The van der Waals surface area contributed by atoms with Crippen molar-refractivity contribution in [1.29, 1.82) is 0 Å². The summed E-state index contributed by atoms with van der Waals surface area (Å²) >= 11 is 0. The van der Waals surface area contributed by atoms with Crippen molar-refractivity contribution in [3.05, 3.63) is 0 Å². The minimum absolute atomic E-state index is 0.000836. The van der Waals surface area contributed by atoms with Crippen molar-refractivity contribution in [3.63, 3.8) is 0 Å². The molecule has 0 amide bonds. The van der Waals surface area contributed by atoms with Crippen molar-refractivity contribution in [2.75, 3.05) is 58.9 Å². The topological polar surface area (TPSA) is 196 Å². The molecule has 0 aliphatic heterocycles. The maximum atomic E-state index is 11.0. The molecule has 0 radical (unpaired) electrons. The van der Waals surface area contributed by atoms with Gasteiger partial charge in [-0.15, -0.1) is 0 Å². The van der Waals surface area contributed by atoms with E-state index in [9.17, 15) is 24.0 Å². The molecule has 1 fully saturated rings. The second kappa shape index (κ2) is 17.7. The van der Waals surface area contributed by atoms with Gasteiger partial charge in [0.05, 0.1) is 32.7 Å². The molecule has 33 heavy (non-hydrogen) atoms. The van der Waals surface area contributed by atoms with E-state index in [1.165, 1.54) is 43.4 Å². The Labute approximate surface area is 192 Å². The lowest BCUT2D eigenvalue weighted by Crippen LogP contribution is -2.45. The third-order valence-electron chi connectivity index (χ3n) is 4.76. The summed E-state index contributed by atoms with van der Waals surface area (Å²) in [4.78, 5) is 57.6. The van der Waals surface area contributed by atoms with Gasteiger partial charge in [-0.25, -0.2) is 0 Å². The molecule has 0 aromatic heterocycles. The molecule has 0 unspecified atom stereocenters. The largest absolute Gasteiger partial charge is 0.480 e. The van der Waals surface area contributed by atoms with Crippen LogP contribution in [-0.4, -0.2) is 129 Å². The number of aliphatic carboxylic acids is 5. The number of hydrogen-bond donors (Lipinski definition) is 5. The summed E-state index contributed by atoms with van der Waals surface area (Å²) in [6.07, 6.45) is 9.00. The van der Waals surface area contributed by atoms with E-state index in [-0.39, 0.29) is 26.2 Å². The molecule has 1 aliphatic rings. The van der Waals surface area contributed by atoms with Crippen LogP contribution < -0.4 is 0 Å². The molecule has 0 aromatic carbocycles. The predicted molar refractivity (Wildman–Crippen MR) is 115 cm³/mol. The van der Waals surface area contributed by atoms with Gasteiger partial charge in [-0.3, -0.25) is 38.7 Å². The first-order chi connectivity index (χ1) is 15.5. The van der Waals surface area contributed by atoms with E-state index in [0.717, 1.165) is 9.80 Å². The zero-order valence-corrected chi connectivity index (χ0v) is 18.7. The van der Waals surface area contributed by atoms with Gasteiger partial charge in [-0.05, 0) is 0 Å². The van der Waals surface area contributed by atoms with Crippen LogP contribution in [0.1, 0.15) is 38.5 Å². The van der Waals surface area contributed by atoms with E-state index in [2.05, 4.69) is 0 Å². The third-order valence-corrected chi connectivity index (χ3v) is 4.76. The van der Waals surface area contributed by atoms with Gasteiger partial charge in [-0.1, -0.05) is 38.5 Å². The zero-order valence-electron chi connectivity index (χ0n) is 18.7. The lowest BCUT2D eigenvalue weighted by atomic mass is 10.0. The first-order valence-corrected chi connectivity index (χ1v) is 10.8. The summed E-state index contributed by atoms with van der Waals surface area (Å²) in [6, 6.07) is 0. The fourth-order valence-electron chi connectivity index (χ4n) is 3.28. The molecule has 0 saturated heterocycles. The van der Waals surface area contributed by atoms with Gasteiger partial charge in [0.2, 0.25) is 0 Å². The smallest absolute Gasteiger partial charge is 0.317 e. The van der Waals surface area contributed by atoms with Crippen LogP contribution in [0.15, 0.2) is 0 Å². The van der Waals surface area contributed by atoms with Gasteiger partial charge in [0.15, 0.2) is 0 Å². The molecule has 13 nitrogen and oxygen atoms in total. The second-order valence-corrected chi connectivity index (χ2v) is 7.79. The maximum absolute atomic E-state index is 11.0. The number of hydrogen-bond acceptors (Lipinski definition) is 8. The number of carbonyl (C=O) groups is 5. The van der Waals surface area contributed by atoms with E-state index >= 15 is 0 Å².